The maximum Gasteiger partial charge on any atom is 0.262 e. The lowest BCUT2D eigenvalue weighted by Gasteiger charge is -2.37. The molecule has 0 bridgehead atoms. The second-order valence-electron chi connectivity index (χ2n) is 7.86. The summed E-state index contributed by atoms with van der Waals surface area (Å²) in [6.45, 7) is 9.79. The number of hydrogen-bond acceptors (Lipinski definition) is 5. The van der Waals surface area contributed by atoms with E-state index in [0.29, 0.717) is 18.1 Å². The van der Waals surface area contributed by atoms with Gasteiger partial charge in [0.2, 0.25) is 0 Å². The molecular formula is C24H29BrN2O4S. The SMILES string of the molecule is CCOc1cc(C(=S)N2C[C@H](C)O[C@@H](C)C2)ccc1OCC(=O)Nc1ccc(Br)cc1C. The van der Waals surface area contributed by atoms with Crippen LogP contribution in [0, 0.1) is 6.92 Å². The van der Waals surface area contributed by atoms with Gasteiger partial charge < -0.3 is 24.4 Å². The van der Waals surface area contributed by atoms with Gasteiger partial charge in [0.1, 0.15) is 4.99 Å². The van der Waals surface area contributed by atoms with Crippen LogP contribution in [-0.4, -0.2) is 54.3 Å². The molecule has 1 heterocycles. The zero-order chi connectivity index (χ0) is 23.3. The molecule has 1 aliphatic heterocycles. The van der Waals surface area contributed by atoms with Crippen molar-refractivity contribution in [2.75, 3.05) is 31.6 Å². The van der Waals surface area contributed by atoms with Crippen molar-refractivity contribution in [2.24, 2.45) is 0 Å². The van der Waals surface area contributed by atoms with E-state index in [1.807, 2.05) is 44.2 Å². The van der Waals surface area contributed by atoms with Gasteiger partial charge in [0.25, 0.3) is 5.91 Å². The number of anilines is 1. The van der Waals surface area contributed by atoms with Crippen molar-refractivity contribution in [2.45, 2.75) is 39.9 Å². The van der Waals surface area contributed by atoms with Crippen LogP contribution in [-0.2, 0) is 9.53 Å². The van der Waals surface area contributed by atoms with Gasteiger partial charge in [-0.2, -0.15) is 0 Å². The van der Waals surface area contributed by atoms with Gasteiger partial charge in [-0.1, -0.05) is 28.1 Å². The van der Waals surface area contributed by atoms with Crippen LogP contribution in [0.15, 0.2) is 40.9 Å². The zero-order valence-electron chi connectivity index (χ0n) is 18.8. The predicted molar refractivity (Wildman–Crippen MR) is 134 cm³/mol. The van der Waals surface area contributed by atoms with Crippen molar-refractivity contribution >= 4 is 44.7 Å². The quantitative estimate of drug-likeness (QED) is 0.520. The molecule has 2 atom stereocenters. The molecule has 8 heteroatoms. The Kier molecular flexibility index (Phi) is 8.51. The van der Waals surface area contributed by atoms with Gasteiger partial charge in [-0.15, -0.1) is 0 Å². The van der Waals surface area contributed by atoms with E-state index in [9.17, 15) is 4.79 Å². The van der Waals surface area contributed by atoms with Crippen LogP contribution in [0.5, 0.6) is 11.5 Å². The summed E-state index contributed by atoms with van der Waals surface area (Å²) in [5, 5.41) is 2.88. The number of nitrogens with zero attached hydrogens (tertiary/aromatic N) is 1. The molecule has 6 nitrogen and oxygen atoms in total. The fourth-order valence-corrected chi connectivity index (χ4v) is 4.40. The first-order chi connectivity index (χ1) is 15.3. The lowest BCUT2D eigenvalue weighted by atomic mass is 10.1. The van der Waals surface area contributed by atoms with Crippen molar-refractivity contribution in [1.29, 1.82) is 0 Å². The van der Waals surface area contributed by atoms with Crippen LogP contribution in [0.25, 0.3) is 0 Å². The standard InChI is InChI=1S/C24H29BrN2O4S/c1-5-29-22-11-18(24(32)27-12-16(3)31-17(4)13-27)6-9-21(22)30-14-23(28)26-20-8-7-19(25)10-15(20)2/h6-11,16-17H,5,12-14H2,1-4H3,(H,26,28)/t16-,17-/m0/s1. The van der Waals surface area contributed by atoms with E-state index in [-0.39, 0.29) is 24.7 Å². The number of amides is 1. The number of halogens is 1. The molecule has 0 spiro atoms. The Morgan fingerprint density at radius 1 is 1.16 bits per heavy atom. The van der Waals surface area contributed by atoms with Crippen molar-refractivity contribution < 1.29 is 19.0 Å². The summed E-state index contributed by atoms with van der Waals surface area (Å²) in [5.74, 6) is 0.827. The number of morpholine rings is 1. The molecule has 32 heavy (non-hydrogen) atoms. The molecule has 0 aromatic heterocycles. The number of aryl methyl sites for hydroxylation is 1. The number of nitrogens with one attached hydrogen (secondary N) is 1. The molecule has 0 unspecified atom stereocenters. The van der Waals surface area contributed by atoms with Gasteiger partial charge in [-0.3, -0.25) is 4.79 Å². The molecule has 1 saturated heterocycles. The Labute approximate surface area is 203 Å². The van der Waals surface area contributed by atoms with Crippen LogP contribution in [0.3, 0.4) is 0 Å². The van der Waals surface area contributed by atoms with E-state index in [0.717, 1.165) is 39.4 Å². The molecule has 1 aliphatic rings. The monoisotopic (exact) mass is 520 g/mol. The minimum atomic E-state index is -0.242. The highest BCUT2D eigenvalue weighted by molar-refractivity contribution is 9.10. The third-order valence-corrected chi connectivity index (χ3v) is 6.01. The number of carbonyl (C=O) groups is 1. The van der Waals surface area contributed by atoms with Gasteiger partial charge in [0.15, 0.2) is 18.1 Å². The third kappa shape index (κ3) is 6.43. The first kappa shape index (κ1) is 24.5. The molecule has 0 saturated carbocycles. The molecule has 1 amide bonds. The zero-order valence-corrected chi connectivity index (χ0v) is 21.2. The highest BCUT2D eigenvalue weighted by Gasteiger charge is 2.25. The molecule has 0 aliphatic carbocycles. The molecule has 2 aromatic rings. The summed E-state index contributed by atoms with van der Waals surface area (Å²) in [6.07, 6.45) is 0.247. The van der Waals surface area contributed by atoms with Crippen LogP contribution in [0.1, 0.15) is 31.9 Å². The fourth-order valence-electron chi connectivity index (χ4n) is 3.65. The lowest BCUT2D eigenvalue weighted by molar-refractivity contribution is -0.118. The first-order valence-corrected chi connectivity index (χ1v) is 11.9. The molecule has 172 valence electrons. The van der Waals surface area contributed by atoms with Crippen molar-refractivity contribution in [3.05, 3.63) is 52.0 Å². The summed E-state index contributed by atoms with van der Waals surface area (Å²) in [5.41, 5.74) is 2.60. The van der Waals surface area contributed by atoms with Crippen LogP contribution >= 0.6 is 28.1 Å². The van der Waals surface area contributed by atoms with E-state index < -0.39 is 0 Å². The highest BCUT2D eigenvalue weighted by atomic mass is 79.9. The molecule has 1 N–H and O–H groups in total. The molecule has 2 aromatic carbocycles. The van der Waals surface area contributed by atoms with E-state index in [1.165, 1.54) is 0 Å². The van der Waals surface area contributed by atoms with Crippen LogP contribution in [0.2, 0.25) is 0 Å². The number of hydrogen-bond donors (Lipinski definition) is 1. The Morgan fingerprint density at radius 3 is 2.53 bits per heavy atom. The van der Waals surface area contributed by atoms with Gasteiger partial charge in [-0.05, 0) is 69.7 Å². The van der Waals surface area contributed by atoms with Crippen LogP contribution < -0.4 is 14.8 Å². The normalized spacial score (nSPS) is 18.2. The summed E-state index contributed by atoms with van der Waals surface area (Å²) < 4.78 is 18.3. The largest absolute Gasteiger partial charge is 0.490 e. The van der Waals surface area contributed by atoms with Crippen molar-refractivity contribution in [3.63, 3.8) is 0 Å². The summed E-state index contributed by atoms with van der Waals surface area (Å²) in [6, 6.07) is 11.3. The number of rotatable bonds is 7. The molecule has 0 radical (unpaired) electrons. The Hall–Kier alpha value is -2.16. The van der Waals surface area contributed by atoms with Gasteiger partial charge >= 0.3 is 0 Å². The number of benzene rings is 2. The minimum Gasteiger partial charge on any atom is -0.490 e. The number of thiocarbonyl (C=S) groups is 1. The summed E-state index contributed by atoms with van der Waals surface area (Å²) in [7, 11) is 0. The molecular weight excluding hydrogens is 492 g/mol. The Bertz CT molecular complexity index is 974. The summed E-state index contributed by atoms with van der Waals surface area (Å²) >= 11 is 9.16. The van der Waals surface area contributed by atoms with Gasteiger partial charge in [0, 0.05) is 28.8 Å². The third-order valence-electron chi connectivity index (χ3n) is 5.02. The highest BCUT2D eigenvalue weighted by Crippen LogP contribution is 2.30. The summed E-state index contributed by atoms with van der Waals surface area (Å²) in [4.78, 5) is 15.3. The molecule has 3 rings (SSSR count). The van der Waals surface area contributed by atoms with Gasteiger partial charge in [0.05, 0.1) is 18.8 Å². The van der Waals surface area contributed by atoms with E-state index in [4.69, 9.17) is 26.4 Å². The van der Waals surface area contributed by atoms with Gasteiger partial charge in [-0.25, -0.2) is 0 Å². The maximum absolute atomic E-state index is 12.4. The Morgan fingerprint density at radius 2 is 1.88 bits per heavy atom. The predicted octanol–water partition coefficient (Wildman–Crippen LogP) is 4.96. The maximum atomic E-state index is 12.4. The van der Waals surface area contributed by atoms with E-state index in [2.05, 4.69) is 40.0 Å². The van der Waals surface area contributed by atoms with E-state index >= 15 is 0 Å². The number of ether oxygens (including phenoxy) is 3. The first-order valence-electron chi connectivity index (χ1n) is 10.7. The van der Waals surface area contributed by atoms with Crippen molar-refractivity contribution in [1.82, 2.24) is 4.90 Å². The van der Waals surface area contributed by atoms with Crippen LogP contribution in [0.4, 0.5) is 5.69 Å². The van der Waals surface area contributed by atoms with E-state index in [1.54, 1.807) is 6.07 Å². The molecule has 1 fully saturated rings. The second kappa shape index (κ2) is 11.1. The second-order valence-corrected chi connectivity index (χ2v) is 9.16. The van der Waals surface area contributed by atoms with Crippen molar-refractivity contribution in [3.8, 4) is 11.5 Å². The smallest absolute Gasteiger partial charge is 0.262 e. The minimum absolute atomic E-state index is 0.124. The fraction of sp³-hybridized carbons (Fsp3) is 0.417. The topological polar surface area (TPSA) is 60.0 Å². The number of carbonyl (C=O) groups excluding carboxylic acids is 1. The Balaban J connectivity index is 1.67. The average molecular weight is 521 g/mol. The average Bonchev–Trinajstić information content (AvgIpc) is 2.74. The lowest BCUT2D eigenvalue weighted by Crippen LogP contribution is -2.47.